The number of carbonyl (C=O) groups is 1. The van der Waals surface area contributed by atoms with Crippen LogP contribution < -0.4 is 9.47 Å². The Labute approximate surface area is 189 Å². The first-order valence-electron chi connectivity index (χ1n) is 10.1. The lowest BCUT2D eigenvalue weighted by Gasteiger charge is -2.32. The van der Waals surface area contributed by atoms with E-state index >= 15 is 0 Å². The third-order valence-corrected chi connectivity index (χ3v) is 5.11. The maximum atomic E-state index is 12.7. The summed E-state index contributed by atoms with van der Waals surface area (Å²) in [6.45, 7) is 3.28. The van der Waals surface area contributed by atoms with Crippen LogP contribution in [-0.2, 0) is 22.3 Å². The number of rotatable bonds is 9. The number of ether oxygens (including phenoxy) is 3. The van der Waals surface area contributed by atoms with Crippen LogP contribution in [0.2, 0.25) is 0 Å². The lowest BCUT2D eigenvalue weighted by molar-refractivity contribution is -0.168. The number of carboxylic acids is 1. The number of halogens is 3. The minimum atomic E-state index is -4.42. The summed E-state index contributed by atoms with van der Waals surface area (Å²) in [5.41, 5.74) is -1.53. The Bertz CT molecular complexity index is 1050. The molecule has 174 valence electrons. The summed E-state index contributed by atoms with van der Waals surface area (Å²) in [7, 11) is 0. The molecule has 0 heterocycles. The number of hydrogen-bond acceptors (Lipinski definition) is 4. The third-order valence-electron chi connectivity index (χ3n) is 5.11. The van der Waals surface area contributed by atoms with Crippen molar-refractivity contribution in [3.05, 3.63) is 90.0 Å². The van der Waals surface area contributed by atoms with Gasteiger partial charge in [0.25, 0.3) is 0 Å². The molecule has 0 aliphatic carbocycles. The molecule has 3 aromatic rings. The molecule has 0 aliphatic rings. The molecule has 0 aromatic heterocycles. The quantitative estimate of drug-likeness (QED) is 0.405. The van der Waals surface area contributed by atoms with Crippen LogP contribution in [0.3, 0.4) is 0 Å². The average Bonchev–Trinajstić information content (AvgIpc) is 2.79. The van der Waals surface area contributed by atoms with Crippen LogP contribution in [0.1, 0.15) is 25.0 Å². The molecular formula is C25H23F3O5. The summed E-state index contributed by atoms with van der Waals surface area (Å²) in [5.74, 6) is -0.328. The van der Waals surface area contributed by atoms with Crippen molar-refractivity contribution in [2.24, 2.45) is 0 Å². The number of hydrogen-bond donors (Lipinski definition) is 1. The second-order valence-corrected chi connectivity index (χ2v) is 7.55. The van der Waals surface area contributed by atoms with E-state index in [1.54, 1.807) is 6.92 Å². The van der Waals surface area contributed by atoms with Gasteiger partial charge in [0.05, 0.1) is 12.2 Å². The topological polar surface area (TPSA) is 65.0 Å². The maximum Gasteiger partial charge on any atom is 0.416 e. The smallest absolute Gasteiger partial charge is 0.416 e. The summed E-state index contributed by atoms with van der Waals surface area (Å²) in [6.07, 6.45) is -5.20. The van der Waals surface area contributed by atoms with Crippen LogP contribution in [0.5, 0.6) is 17.2 Å². The molecule has 0 radical (unpaired) electrons. The van der Waals surface area contributed by atoms with Crippen molar-refractivity contribution >= 4 is 5.97 Å². The van der Waals surface area contributed by atoms with E-state index in [0.717, 1.165) is 17.7 Å². The second-order valence-electron chi connectivity index (χ2n) is 7.55. The average molecular weight is 460 g/mol. The lowest BCUT2D eigenvalue weighted by Crippen LogP contribution is -2.51. The van der Waals surface area contributed by atoms with Crippen molar-refractivity contribution in [1.29, 1.82) is 0 Å². The minimum absolute atomic E-state index is 0.230. The number of alkyl halides is 3. The van der Waals surface area contributed by atoms with Crippen molar-refractivity contribution in [1.82, 2.24) is 0 Å². The predicted octanol–water partition coefficient (Wildman–Crippen LogP) is 6.33. The summed E-state index contributed by atoms with van der Waals surface area (Å²) in [6, 6.07) is 19.8. The van der Waals surface area contributed by atoms with Gasteiger partial charge >= 0.3 is 12.1 Å². The SMILES string of the molecule is CC(OCc1ccccc1)C(C)(Oc1ccc(Oc2ccc(C(F)(F)F)cc2)cc1)C(=O)O. The van der Waals surface area contributed by atoms with Crippen LogP contribution in [-0.4, -0.2) is 22.8 Å². The zero-order valence-corrected chi connectivity index (χ0v) is 18.0. The van der Waals surface area contributed by atoms with E-state index in [9.17, 15) is 23.1 Å². The summed E-state index contributed by atoms with van der Waals surface area (Å²) < 4.78 is 55.1. The highest BCUT2D eigenvalue weighted by Gasteiger charge is 2.42. The Morgan fingerprint density at radius 1 is 0.879 bits per heavy atom. The minimum Gasteiger partial charge on any atom is -0.478 e. The van der Waals surface area contributed by atoms with E-state index in [0.29, 0.717) is 5.75 Å². The normalized spacial score (nSPS) is 14.2. The van der Waals surface area contributed by atoms with E-state index in [-0.39, 0.29) is 18.1 Å². The van der Waals surface area contributed by atoms with Crippen LogP contribution in [0.15, 0.2) is 78.9 Å². The van der Waals surface area contributed by atoms with E-state index in [1.165, 1.54) is 43.3 Å². The molecule has 8 heteroatoms. The standard InChI is InChI=1S/C25H23F3O5/c1-17(31-16-18-6-4-3-5-7-18)24(2,23(29)30)33-22-14-12-21(13-15-22)32-20-10-8-19(9-11-20)25(26,27)28/h3-15,17H,16H2,1-2H3,(H,29,30). The summed E-state index contributed by atoms with van der Waals surface area (Å²) in [5, 5.41) is 9.78. The Morgan fingerprint density at radius 2 is 1.39 bits per heavy atom. The molecule has 1 N–H and O–H groups in total. The first kappa shape index (κ1) is 24.1. The first-order valence-corrected chi connectivity index (χ1v) is 10.1. The van der Waals surface area contributed by atoms with Gasteiger partial charge in [0.1, 0.15) is 23.4 Å². The van der Waals surface area contributed by atoms with Gasteiger partial charge in [0.2, 0.25) is 5.60 Å². The predicted molar refractivity (Wildman–Crippen MR) is 115 cm³/mol. The van der Waals surface area contributed by atoms with Gasteiger partial charge in [-0.3, -0.25) is 0 Å². The molecule has 0 saturated heterocycles. The molecule has 2 atom stereocenters. The summed E-state index contributed by atoms with van der Waals surface area (Å²) in [4.78, 5) is 12.0. The number of benzene rings is 3. The third kappa shape index (κ3) is 6.26. The summed E-state index contributed by atoms with van der Waals surface area (Å²) >= 11 is 0. The molecule has 2 unspecified atom stereocenters. The van der Waals surface area contributed by atoms with Gasteiger partial charge in [-0.05, 0) is 67.9 Å². The zero-order valence-electron chi connectivity index (χ0n) is 18.0. The van der Waals surface area contributed by atoms with E-state index in [2.05, 4.69) is 0 Å². The van der Waals surface area contributed by atoms with Crippen LogP contribution in [0, 0.1) is 0 Å². The van der Waals surface area contributed by atoms with Gasteiger partial charge in [-0.25, -0.2) is 4.79 Å². The van der Waals surface area contributed by atoms with Crippen molar-refractivity contribution in [3.63, 3.8) is 0 Å². The molecule has 0 amide bonds. The van der Waals surface area contributed by atoms with Gasteiger partial charge in [-0.15, -0.1) is 0 Å². The fourth-order valence-corrected chi connectivity index (χ4v) is 2.92. The maximum absolute atomic E-state index is 12.7. The molecule has 5 nitrogen and oxygen atoms in total. The highest BCUT2D eigenvalue weighted by Crippen LogP contribution is 2.32. The van der Waals surface area contributed by atoms with E-state index in [4.69, 9.17) is 14.2 Å². The van der Waals surface area contributed by atoms with Gasteiger partial charge < -0.3 is 19.3 Å². The highest BCUT2D eigenvalue weighted by atomic mass is 19.4. The largest absolute Gasteiger partial charge is 0.478 e. The highest BCUT2D eigenvalue weighted by molar-refractivity contribution is 5.78. The van der Waals surface area contributed by atoms with Gasteiger partial charge in [0, 0.05) is 0 Å². The molecule has 0 fully saturated rings. The Hall–Kier alpha value is -3.52. The molecule has 33 heavy (non-hydrogen) atoms. The Balaban J connectivity index is 1.65. The fraction of sp³-hybridized carbons (Fsp3) is 0.240. The second kappa shape index (κ2) is 9.95. The van der Waals surface area contributed by atoms with Crippen molar-refractivity contribution in [2.45, 2.75) is 38.3 Å². The molecule has 0 bridgehead atoms. The van der Waals surface area contributed by atoms with Crippen LogP contribution in [0.25, 0.3) is 0 Å². The first-order chi connectivity index (χ1) is 15.6. The van der Waals surface area contributed by atoms with Gasteiger partial charge in [-0.2, -0.15) is 13.2 Å². The molecule has 3 rings (SSSR count). The van der Waals surface area contributed by atoms with Gasteiger partial charge in [-0.1, -0.05) is 30.3 Å². The molecule has 3 aromatic carbocycles. The van der Waals surface area contributed by atoms with E-state index < -0.39 is 29.4 Å². The van der Waals surface area contributed by atoms with Gasteiger partial charge in [0.15, 0.2) is 0 Å². The fourth-order valence-electron chi connectivity index (χ4n) is 2.92. The monoisotopic (exact) mass is 460 g/mol. The molecule has 0 aliphatic heterocycles. The molecule has 0 spiro atoms. The van der Waals surface area contributed by atoms with Crippen molar-refractivity contribution in [2.75, 3.05) is 0 Å². The Morgan fingerprint density at radius 3 is 1.91 bits per heavy atom. The number of carboxylic acid groups (broad SMARTS) is 1. The zero-order chi connectivity index (χ0) is 24.1. The van der Waals surface area contributed by atoms with Crippen molar-refractivity contribution in [3.8, 4) is 17.2 Å². The molecule has 0 saturated carbocycles. The van der Waals surface area contributed by atoms with E-state index in [1.807, 2.05) is 30.3 Å². The van der Waals surface area contributed by atoms with Crippen LogP contribution in [0.4, 0.5) is 13.2 Å². The Kier molecular flexibility index (Phi) is 7.28. The van der Waals surface area contributed by atoms with Crippen molar-refractivity contribution < 1.29 is 37.3 Å². The molecular weight excluding hydrogens is 437 g/mol. The lowest BCUT2D eigenvalue weighted by atomic mass is 10.00. The number of aliphatic carboxylic acids is 1. The van der Waals surface area contributed by atoms with Crippen LogP contribution >= 0.6 is 0 Å².